The number of aromatic nitrogens is 1. The molecule has 1 aromatic heterocycles. The quantitative estimate of drug-likeness (QED) is 0.764. The van der Waals surface area contributed by atoms with E-state index in [-0.39, 0.29) is 43.2 Å². The van der Waals surface area contributed by atoms with Crippen molar-refractivity contribution in [3.05, 3.63) is 69.1 Å². The number of fused-ring (bicyclic) bond motifs is 1. The molecule has 0 saturated carbocycles. The van der Waals surface area contributed by atoms with Crippen molar-refractivity contribution in [2.24, 2.45) is 0 Å². The van der Waals surface area contributed by atoms with Crippen molar-refractivity contribution in [3.63, 3.8) is 0 Å². The second-order valence-corrected chi connectivity index (χ2v) is 6.25. The lowest BCUT2D eigenvalue weighted by molar-refractivity contribution is -0.0356. The van der Waals surface area contributed by atoms with Crippen LogP contribution in [0.5, 0.6) is 0 Å². The van der Waals surface area contributed by atoms with Gasteiger partial charge in [-0.1, -0.05) is 6.07 Å². The first-order valence-corrected chi connectivity index (χ1v) is 8.42. The molecule has 2 amide bonds. The fourth-order valence-electron chi connectivity index (χ4n) is 2.88. The zero-order chi connectivity index (χ0) is 20.4. The van der Waals surface area contributed by atoms with Gasteiger partial charge in [0.05, 0.1) is 13.3 Å². The highest BCUT2D eigenvalue weighted by molar-refractivity contribution is 5.96. The molecule has 2 heterocycles. The van der Waals surface area contributed by atoms with Gasteiger partial charge in [-0.05, 0) is 6.07 Å². The Bertz CT molecular complexity index is 992. The Kier molecular flexibility index (Phi) is 5.52. The van der Waals surface area contributed by atoms with Crippen LogP contribution in [0.2, 0.25) is 0 Å². The number of aliphatic hydroxyl groups is 1. The molecule has 1 aromatic carbocycles. The van der Waals surface area contributed by atoms with E-state index in [1.54, 1.807) is 5.01 Å². The minimum atomic E-state index is -0.809. The van der Waals surface area contributed by atoms with Crippen LogP contribution in [-0.4, -0.2) is 51.7 Å². The fraction of sp³-hybridized carbons (Fsp3) is 0.278. The van der Waals surface area contributed by atoms with Crippen LogP contribution in [-0.2, 0) is 13.2 Å². The lowest BCUT2D eigenvalue weighted by atomic mass is 10.1. The van der Waals surface area contributed by atoms with Crippen LogP contribution in [0.25, 0.3) is 0 Å². The number of pyridine rings is 1. The number of aliphatic hydroxyl groups excluding tert-OH is 1. The zero-order valence-corrected chi connectivity index (χ0v) is 15.0. The smallest absolute Gasteiger partial charge is 0.284 e. The fourth-order valence-corrected chi connectivity index (χ4v) is 2.88. The number of hydrogen-bond acceptors (Lipinski definition) is 5. The molecule has 28 heavy (non-hydrogen) atoms. The Morgan fingerprint density at radius 3 is 2.68 bits per heavy atom. The summed E-state index contributed by atoms with van der Waals surface area (Å²) in [5.74, 6) is -2.74. The van der Waals surface area contributed by atoms with Crippen molar-refractivity contribution in [3.8, 4) is 0 Å². The Hall–Kier alpha value is -3.11. The number of nitrogens with zero attached hydrogens (tertiary/aromatic N) is 3. The summed E-state index contributed by atoms with van der Waals surface area (Å²) in [6.07, 6.45) is 1.25. The number of benzene rings is 1. The maximum Gasteiger partial charge on any atom is 0.284 e. The van der Waals surface area contributed by atoms with Gasteiger partial charge in [0.2, 0.25) is 0 Å². The highest BCUT2D eigenvalue weighted by atomic mass is 19.1. The standard InChI is InChI=1S/C18H18F2N4O4/c1-22-18(28)15-7-16(26)13(9-23(15)10-24(22)4-5-25)17(27)21-8-11-2-3-12(19)6-14(11)20/h2-3,6-7,9,25H,4-5,8,10H2,1H3,(H,21,27). The van der Waals surface area contributed by atoms with Crippen LogP contribution in [0, 0.1) is 11.6 Å². The van der Waals surface area contributed by atoms with E-state index in [1.807, 2.05) is 0 Å². The molecule has 3 rings (SSSR count). The summed E-state index contributed by atoms with van der Waals surface area (Å²) in [5.41, 5.74) is -0.685. The van der Waals surface area contributed by atoms with Crippen LogP contribution >= 0.6 is 0 Å². The molecule has 0 atom stereocenters. The molecule has 8 nitrogen and oxygen atoms in total. The SMILES string of the molecule is CN1C(=O)c2cc(=O)c(C(=O)NCc3ccc(F)cc3F)cn2CN1CCO. The summed E-state index contributed by atoms with van der Waals surface area (Å²) in [6.45, 7) is -0.0569. The first-order valence-electron chi connectivity index (χ1n) is 8.42. The van der Waals surface area contributed by atoms with Crippen molar-refractivity contribution in [1.29, 1.82) is 0 Å². The van der Waals surface area contributed by atoms with Crippen molar-refractivity contribution in [2.45, 2.75) is 13.2 Å². The second-order valence-electron chi connectivity index (χ2n) is 6.25. The van der Waals surface area contributed by atoms with E-state index in [0.717, 1.165) is 12.1 Å². The molecule has 0 saturated heterocycles. The summed E-state index contributed by atoms with van der Waals surface area (Å²) in [5, 5.41) is 14.4. The number of hydrazine groups is 1. The van der Waals surface area contributed by atoms with Gasteiger partial charge < -0.3 is 15.0 Å². The summed E-state index contributed by atoms with van der Waals surface area (Å²) in [6, 6.07) is 4.04. The average Bonchev–Trinajstić information content (AvgIpc) is 2.65. The minimum absolute atomic E-state index is 0.0683. The molecular formula is C18H18F2N4O4. The third kappa shape index (κ3) is 3.78. The third-order valence-electron chi connectivity index (χ3n) is 4.44. The number of β-amino-alcohol motifs (C(OH)–C–C–N with tert-alkyl or cyclic N) is 1. The molecule has 1 aliphatic rings. The number of carbonyl (C=O) groups is 2. The summed E-state index contributed by atoms with van der Waals surface area (Å²) in [4.78, 5) is 37.1. The van der Waals surface area contributed by atoms with Crippen LogP contribution in [0.4, 0.5) is 8.78 Å². The Morgan fingerprint density at radius 1 is 1.25 bits per heavy atom. The van der Waals surface area contributed by atoms with E-state index in [0.29, 0.717) is 6.07 Å². The molecule has 0 radical (unpaired) electrons. The molecule has 0 fully saturated rings. The first-order chi connectivity index (χ1) is 13.3. The normalized spacial score (nSPS) is 14.1. The molecule has 0 spiro atoms. The Morgan fingerprint density at radius 2 is 2.00 bits per heavy atom. The second kappa shape index (κ2) is 7.87. The van der Waals surface area contributed by atoms with Crippen molar-refractivity contribution in [1.82, 2.24) is 19.9 Å². The number of carbonyl (C=O) groups excluding carboxylic acids is 2. The summed E-state index contributed by atoms with van der Waals surface area (Å²) < 4.78 is 28.1. The van der Waals surface area contributed by atoms with Crippen molar-refractivity contribution in [2.75, 3.05) is 20.2 Å². The topological polar surface area (TPSA) is 94.9 Å². The predicted octanol–water partition coefficient (Wildman–Crippen LogP) is 0.309. The first kappa shape index (κ1) is 19.6. The highest BCUT2D eigenvalue weighted by Gasteiger charge is 2.28. The number of hydrogen-bond donors (Lipinski definition) is 2. The molecular weight excluding hydrogens is 374 g/mol. The van der Waals surface area contributed by atoms with E-state index in [9.17, 15) is 23.2 Å². The number of nitrogens with one attached hydrogen (secondary N) is 1. The number of amides is 2. The minimum Gasteiger partial charge on any atom is -0.395 e. The molecule has 2 aromatic rings. The van der Waals surface area contributed by atoms with Gasteiger partial charge in [-0.25, -0.2) is 8.78 Å². The van der Waals surface area contributed by atoms with Gasteiger partial charge in [0.1, 0.15) is 22.9 Å². The van der Waals surface area contributed by atoms with Crippen LogP contribution < -0.4 is 10.7 Å². The Labute approximate surface area is 158 Å². The number of rotatable bonds is 5. The third-order valence-corrected chi connectivity index (χ3v) is 4.44. The van der Waals surface area contributed by atoms with E-state index < -0.39 is 28.9 Å². The maximum atomic E-state index is 13.7. The van der Waals surface area contributed by atoms with Gasteiger partial charge in [-0.3, -0.25) is 19.4 Å². The predicted molar refractivity (Wildman–Crippen MR) is 94.1 cm³/mol. The number of halogens is 2. The largest absolute Gasteiger partial charge is 0.395 e. The maximum absolute atomic E-state index is 13.7. The molecule has 148 valence electrons. The Balaban J connectivity index is 1.83. The van der Waals surface area contributed by atoms with Crippen molar-refractivity contribution >= 4 is 11.8 Å². The highest BCUT2D eigenvalue weighted by Crippen LogP contribution is 2.15. The lowest BCUT2D eigenvalue weighted by Crippen LogP contribution is -2.51. The van der Waals surface area contributed by atoms with E-state index in [2.05, 4.69) is 5.32 Å². The average molecular weight is 392 g/mol. The molecule has 2 N–H and O–H groups in total. The lowest BCUT2D eigenvalue weighted by Gasteiger charge is -2.37. The van der Waals surface area contributed by atoms with Gasteiger partial charge in [0.15, 0.2) is 5.43 Å². The van der Waals surface area contributed by atoms with Gasteiger partial charge >= 0.3 is 0 Å². The summed E-state index contributed by atoms with van der Waals surface area (Å²) in [7, 11) is 1.52. The van der Waals surface area contributed by atoms with Crippen LogP contribution in [0.1, 0.15) is 26.4 Å². The molecule has 0 aliphatic carbocycles. The van der Waals surface area contributed by atoms with E-state index >= 15 is 0 Å². The van der Waals surface area contributed by atoms with Crippen molar-refractivity contribution < 1.29 is 23.5 Å². The van der Waals surface area contributed by atoms with Crippen LogP contribution in [0.3, 0.4) is 0 Å². The van der Waals surface area contributed by atoms with Crippen LogP contribution in [0.15, 0.2) is 35.3 Å². The van der Waals surface area contributed by atoms with Gasteiger partial charge in [-0.2, -0.15) is 5.01 Å². The molecule has 10 heteroatoms. The van der Waals surface area contributed by atoms with Gasteiger partial charge in [0.25, 0.3) is 11.8 Å². The van der Waals surface area contributed by atoms with E-state index in [4.69, 9.17) is 5.11 Å². The summed E-state index contributed by atoms with van der Waals surface area (Å²) >= 11 is 0. The van der Waals surface area contributed by atoms with E-state index in [1.165, 1.54) is 28.9 Å². The monoisotopic (exact) mass is 392 g/mol. The molecule has 0 unspecified atom stereocenters. The molecule has 1 aliphatic heterocycles. The molecule has 0 bridgehead atoms. The van der Waals surface area contributed by atoms with Gasteiger partial charge in [-0.15, -0.1) is 0 Å². The zero-order valence-electron chi connectivity index (χ0n) is 15.0. The van der Waals surface area contributed by atoms with Gasteiger partial charge in [0, 0.05) is 44.0 Å².